The SMILES string of the molecule is C[C@H]1COC(c2ccccc2Br)=N1. The van der Waals surface area contributed by atoms with Crippen LogP contribution in [0.3, 0.4) is 0 Å². The summed E-state index contributed by atoms with van der Waals surface area (Å²) >= 11 is 3.47. The van der Waals surface area contributed by atoms with Crippen molar-refractivity contribution in [3.8, 4) is 0 Å². The molecule has 68 valence electrons. The van der Waals surface area contributed by atoms with Gasteiger partial charge in [-0.15, -0.1) is 0 Å². The molecule has 0 unspecified atom stereocenters. The number of hydrogen-bond donors (Lipinski definition) is 0. The third kappa shape index (κ3) is 1.75. The molecule has 1 aromatic carbocycles. The van der Waals surface area contributed by atoms with Crippen molar-refractivity contribution < 1.29 is 4.74 Å². The van der Waals surface area contributed by atoms with E-state index in [-0.39, 0.29) is 6.04 Å². The van der Waals surface area contributed by atoms with Crippen molar-refractivity contribution in [1.29, 1.82) is 0 Å². The minimum atomic E-state index is 0.280. The van der Waals surface area contributed by atoms with Crippen LogP contribution >= 0.6 is 15.9 Å². The van der Waals surface area contributed by atoms with Crippen LogP contribution in [0, 0.1) is 0 Å². The Labute approximate surface area is 85.8 Å². The zero-order valence-corrected chi connectivity index (χ0v) is 8.91. The van der Waals surface area contributed by atoms with Gasteiger partial charge in [0.1, 0.15) is 6.61 Å². The van der Waals surface area contributed by atoms with Crippen LogP contribution in [-0.4, -0.2) is 18.5 Å². The van der Waals surface area contributed by atoms with Gasteiger partial charge in [0.15, 0.2) is 0 Å². The van der Waals surface area contributed by atoms with E-state index in [2.05, 4.69) is 20.9 Å². The van der Waals surface area contributed by atoms with E-state index in [1.54, 1.807) is 0 Å². The van der Waals surface area contributed by atoms with Crippen LogP contribution in [0.1, 0.15) is 12.5 Å². The predicted octanol–water partition coefficient (Wildman–Crippen LogP) is 2.61. The topological polar surface area (TPSA) is 21.6 Å². The van der Waals surface area contributed by atoms with Crippen molar-refractivity contribution >= 4 is 21.8 Å². The largest absolute Gasteiger partial charge is 0.475 e. The molecule has 0 spiro atoms. The molecular weight excluding hydrogens is 230 g/mol. The third-order valence-electron chi connectivity index (χ3n) is 1.90. The van der Waals surface area contributed by atoms with E-state index in [1.165, 1.54) is 0 Å². The Hall–Kier alpha value is -0.830. The second-order valence-electron chi connectivity index (χ2n) is 3.07. The van der Waals surface area contributed by atoms with Crippen LogP contribution < -0.4 is 0 Å². The highest BCUT2D eigenvalue weighted by Gasteiger charge is 2.17. The molecule has 13 heavy (non-hydrogen) atoms. The third-order valence-corrected chi connectivity index (χ3v) is 2.59. The molecule has 0 fully saturated rings. The molecule has 0 amide bonds. The summed E-state index contributed by atoms with van der Waals surface area (Å²) in [4.78, 5) is 4.38. The highest BCUT2D eigenvalue weighted by molar-refractivity contribution is 9.10. The van der Waals surface area contributed by atoms with Gasteiger partial charge in [-0.25, -0.2) is 4.99 Å². The standard InChI is InChI=1S/C10H10BrNO/c1-7-6-13-10(12-7)8-4-2-3-5-9(8)11/h2-5,7H,6H2,1H3/t7-/m0/s1. The van der Waals surface area contributed by atoms with Gasteiger partial charge in [0.05, 0.1) is 11.6 Å². The average molecular weight is 240 g/mol. The molecular formula is C10H10BrNO. The molecule has 1 heterocycles. The number of rotatable bonds is 1. The zero-order chi connectivity index (χ0) is 9.26. The van der Waals surface area contributed by atoms with Crippen LogP contribution in [-0.2, 0) is 4.74 Å². The normalized spacial score (nSPS) is 21.1. The molecule has 1 aromatic rings. The fraction of sp³-hybridized carbons (Fsp3) is 0.300. The van der Waals surface area contributed by atoms with Gasteiger partial charge in [-0.2, -0.15) is 0 Å². The Bertz CT molecular complexity index is 349. The van der Waals surface area contributed by atoms with Gasteiger partial charge in [-0.3, -0.25) is 0 Å². The Morgan fingerprint density at radius 2 is 2.23 bits per heavy atom. The van der Waals surface area contributed by atoms with Gasteiger partial charge in [0.25, 0.3) is 0 Å². The van der Waals surface area contributed by atoms with E-state index in [0.717, 1.165) is 15.9 Å². The lowest BCUT2D eigenvalue weighted by Gasteiger charge is -2.02. The van der Waals surface area contributed by atoms with Gasteiger partial charge < -0.3 is 4.74 Å². The van der Waals surface area contributed by atoms with Crippen molar-refractivity contribution in [2.24, 2.45) is 4.99 Å². The Morgan fingerprint density at radius 1 is 1.46 bits per heavy atom. The number of aliphatic imine (C=N–C) groups is 1. The Kier molecular flexibility index (Phi) is 2.36. The molecule has 0 aliphatic carbocycles. The first-order valence-corrected chi connectivity index (χ1v) is 5.02. The number of hydrogen-bond acceptors (Lipinski definition) is 2. The van der Waals surface area contributed by atoms with Gasteiger partial charge in [-0.05, 0) is 35.0 Å². The molecule has 3 heteroatoms. The molecule has 0 bridgehead atoms. The van der Waals surface area contributed by atoms with Crippen molar-refractivity contribution in [3.05, 3.63) is 34.3 Å². The minimum absolute atomic E-state index is 0.280. The molecule has 1 atom stereocenters. The maximum atomic E-state index is 5.45. The molecule has 0 saturated carbocycles. The zero-order valence-electron chi connectivity index (χ0n) is 7.33. The van der Waals surface area contributed by atoms with E-state index in [0.29, 0.717) is 6.61 Å². The molecule has 0 aromatic heterocycles. The van der Waals surface area contributed by atoms with Crippen LogP contribution in [0.15, 0.2) is 33.7 Å². The quantitative estimate of drug-likeness (QED) is 0.739. The van der Waals surface area contributed by atoms with E-state index >= 15 is 0 Å². The molecule has 0 N–H and O–H groups in total. The first-order chi connectivity index (χ1) is 6.27. The van der Waals surface area contributed by atoms with Crippen molar-refractivity contribution in [1.82, 2.24) is 0 Å². The highest BCUT2D eigenvalue weighted by atomic mass is 79.9. The van der Waals surface area contributed by atoms with E-state index in [4.69, 9.17) is 4.74 Å². The van der Waals surface area contributed by atoms with Gasteiger partial charge in [-0.1, -0.05) is 12.1 Å². The monoisotopic (exact) mass is 239 g/mol. The van der Waals surface area contributed by atoms with Crippen LogP contribution in [0.5, 0.6) is 0 Å². The summed E-state index contributed by atoms with van der Waals surface area (Å²) in [5.74, 6) is 0.750. The molecule has 2 nitrogen and oxygen atoms in total. The molecule has 0 saturated heterocycles. The summed E-state index contributed by atoms with van der Waals surface area (Å²) in [6.07, 6.45) is 0. The average Bonchev–Trinajstić information content (AvgIpc) is 2.53. The summed E-state index contributed by atoms with van der Waals surface area (Å²) in [6, 6.07) is 8.23. The maximum absolute atomic E-state index is 5.45. The van der Waals surface area contributed by atoms with Crippen molar-refractivity contribution in [3.63, 3.8) is 0 Å². The summed E-state index contributed by atoms with van der Waals surface area (Å²) < 4.78 is 6.48. The van der Waals surface area contributed by atoms with Crippen LogP contribution in [0.2, 0.25) is 0 Å². The first-order valence-electron chi connectivity index (χ1n) is 4.23. The van der Waals surface area contributed by atoms with E-state index in [9.17, 15) is 0 Å². The molecule has 2 rings (SSSR count). The lowest BCUT2D eigenvalue weighted by Crippen LogP contribution is -2.02. The number of benzene rings is 1. The number of ether oxygens (including phenoxy) is 1. The van der Waals surface area contributed by atoms with Gasteiger partial charge in [0, 0.05) is 4.47 Å². The number of nitrogens with zero attached hydrogens (tertiary/aromatic N) is 1. The second kappa shape index (κ2) is 3.50. The molecule has 0 radical (unpaired) electrons. The fourth-order valence-electron chi connectivity index (χ4n) is 1.26. The summed E-state index contributed by atoms with van der Waals surface area (Å²) in [5.41, 5.74) is 1.03. The van der Waals surface area contributed by atoms with E-state index < -0.39 is 0 Å². The summed E-state index contributed by atoms with van der Waals surface area (Å²) in [6.45, 7) is 2.74. The second-order valence-corrected chi connectivity index (χ2v) is 3.93. The van der Waals surface area contributed by atoms with E-state index in [1.807, 2.05) is 31.2 Å². The number of halogens is 1. The van der Waals surface area contributed by atoms with Gasteiger partial charge >= 0.3 is 0 Å². The lowest BCUT2D eigenvalue weighted by molar-refractivity contribution is 0.324. The Morgan fingerprint density at radius 3 is 2.85 bits per heavy atom. The molecule has 1 aliphatic rings. The van der Waals surface area contributed by atoms with Crippen LogP contribution in [0.25, 0.3) is 0 Å². The molecule has 1 aliphatic heterocycles. The maximum Gasteiger partial charge on any atom is 0.217 e. The Balaban J connectivity index is 2.36. The summed E-state index contributed by atoms with van der Waals surface area (Å²) in [5, 5.41) is 0. The van der Waals surface area contributed by atoms with Crippen molar-refractivity contribution in [2.45, 2.75) is 13.0 Å². The van der Waals surface area contributed by atoms with Crippen LogP contribution in [0.4, 0.5) is 0 Å². The fourth-order valence-corrected chi connectivity index (χ4v) is 1.71. The summed E-state index contributed by atoms with van der Waals surface area (Å²) in [7, 11) is 0. The minimum Gasteiger partial charge on any atom is -0.475 e. The highest BCUT2D eigenvalue weighted by Crippen LogP contribution is 2.20. The van der Waals surface area contributed by atoms with Crippen molar-refractivity contribution in [2.75, 3.05) is 6.61 Å². The van der Waals surface area contributed by atoms with Gasteiger partial charge in [0.2, 0.25) is 5.90 Å². The first kappa shape index (κ1) is 8.75. The smallest absolute Gasteiger partial charge is 0.217 e. The predicted molar refractivity (Wildman–Crippen MR) is 56.1 cm³/mol. The lowest BCUT2D eigenvalue weighted by atomic mass is 10.2.